The van der Waals surface area contributed by atoms with E-state index < -0.39 is 52.2 Å². The lowest BCUT2D eigenvalue weighted by atomic mass is 9.87. The molecule has 0 fully saturated rings. The Kier molecular flexibility index (Phi) is 14.1. The third-order valence-electron chi connectivity index (χ3n) is 9.39. The topological polar surface area (TPSA) is 174 Å². The SMILES string of the molecule is CCCCC1(CCCC)CN(c2ccccc2)c2cc(SC)c(OCC(=O)N[C@@H](C(=O)N[C@](C=O)(CC)CO)c3ccc(O)cc3)cc2S(=O)(=O)N1. The predicted octanol–water partition coefficient (Wildman–Crippen LogP) is 5.36. The average molecular weight is 755 g/mol. The minimum atomic E-state index is -4.07. The van der Waals surface area contributed by atoms with Crippen molar-refractivity contribution in [2.75, 3.05) is 30.9 Å². The minimum absolute atomic E-state index is 0.0227. The fourth-order valence-electron chi connectivity index (χ4n) is 6.26. The Hall–Kier alpha value is -4.11. The van der Waals surface area contributed by atoms with Crippen LogP contribution in [0.1, 0.15) is 77.3 Å². The molecule has 2 atom stereocenters. The van der Waals surface area contributed by atoms with Gasteiger partial charge in [-0.3, -0.25) is 9.59 Å². The second-order valence-electron chi connectivity index (χ2n) is 13.1. The van der Waals surface area contributed by atoms with Crippen LogP contribution in [0.5, 0.6) is 11.5 Å². The first-order chi connectivity index (χ1) is 24.9. The van der Waals surface area contributed by atoms with Crippen LogP contribution in [0.4, 0.5) is 11.4 Å². The lowest BCUT2D eigenvalue weighted by Gasteiger charge is -2.37. The van der Waals surface area contributed by atoms with Crippen LogP contribution in [0.2, 0.25) is 0 Å². The summed E-state index contributed by atoms with van der Waals surface area (Å²) < 4.78 is 37.7. The number of hydrogen-bond acceptors (Lipinski definition) is 10. The Morgan fingerprint density at radius 1 is 1.06 bits per heavy atom. The third kappa shape index (κ3) is 9.65. The van der Waals surface area contributed by atoms with Gasteiger partial charge in [0.25, 0.3) is 5.91 Å². The van der Waals surface area contributed by atoms with Crippen LogP contribution >= 0.6 is 11.8 Å². The highest BCUT2D eigenvalue weighted by Gasteiger charge is 2.42. The number of phenols is 1. The number of aldehydes is 1. The number of nitrogens with one attached hydrogen (secondary N) is 3. The molecule has 0 aliphatic carbocycles. The second-order valence-corrected chi connectivity index (χ2v) is 15.6. The number of aliphatic hydroxyl groups excluding tert-OH is 1. The Bertz CT molecular complexity index is 1780. The van der Waals surface area contributed by atoms with Gasteiger partial charge in [0.2, 0.25) is 15.9 Å². The van der Waals surface area contributed by atoms with Crippen molar-refractivity contribution < 1.29 is 37.8 Å². The largest absolute Gasteiger partial charge is 0.508 e. The molecule has 3 aromatic carbocycles. The molecular formula is C38H50N4O8S2. The Morgan fingerprint density at radius 2 is 1.71 bits per heavy atom. The van der Waals surface area contributed by atoms with Crippen LogP contribution in [0.15, 0.2) is 76.5 Å². The molecule has 52 heavy (non-hydrogen) atoms. The number of phenolic OH excluding ortho intramolecular Hbond substituents is 1. The number of benzene rings is 3. The van der Waals surface area contributed by atoms with Crippen LogP contribution in [0.3, 0.4) is 0 Å². The first-order valence-electron chi connectivity index (χ1n) is 17.6. The van der Waals surface area contributed by atoms with Crippen LogP contribution < -0.4 is 25.0 Å². The number of carbonyl (C=O) groups excluding carboxylic acids is 3. The summed E-state index contributed by atoms with van der Waals surface area (Å²) in [7, 11) is -4.07. The minimum Gasteiger partial charge on any atom is -0.508 e. The number of unbranched alkanes of at least 4 members (excludes halogenated alkanes) is 2. The van der Waals surface area contributed by atoms with E-state index in [4.69, 9.17) is 4.74 Å². The molecule has 1 aliphatic rings. The van der Waals surface area contributed by atoms with Gasteiger partial charge in [-0.2, -0.15) is 0 Å². The molecule has 3 aromatic rings. The molecule has 5 N–H and O–H groups in total. The quantitative estimate of drug-likeness (QED) is 0.0841. The number of amides is 2. The standard InChI is InChI=1S/C38H50N4O8S2/c1-5-8-19-38(20-9-6-2)24-42(28-13-11-10-12-14-28)30-21-32(51-4)31(22-33(30)52(48,49)41-38)50-23-34(46)39-35(27-15-17-29(45)18-16-27)36(47)40-37(7-3,25-43)26-44/h10-18,21-22,25,35,41,44-45H,5-9,19-20,23-24,26H2,1-4H3,(H,39,46)(H,40,47)/t35-,37+/m1/s1. The van der Waals surface area contributed by atoms with E-state index in [9.17, 15) is 33.0 Å². The Balaban J connectivity index is 1.69. The van der Waals surface area contributed by atoms with Crippen molar-refractivity contribution in [2.24, 2.45) is 0 Å². The highest BCUT2D eigenvalue weighted by atomic mass is 32.2. The number of carbonyl (C=O) groups is 3. The molecule has 0 bridgehead atoms. The number of nitrogens with zero attached hydrogens (tertiary/aromatic N) is 1. The zero-order chi connectivity index (χ0) is 37.9. The normalized spacial score (nSPS) is 16.4. The van der Waals surface area contributed by atoms with Crippen LogP contribution in [-0.4, -0.2) is 73.8 Å². The van der Waals surface area contributed by atoms with Crippen molar-refractivity contribution in [3.8, 4) is 11.5 Å². The molecule has 1 aliphatic heterocycles. The van der Waals surface area contributed by atoms with E-state index in [-0.39, 0.29) is 22.8 Å². The smallest absolute Gasteiger partial charge is 0.258 e. The van der Waals surface area contributed by atoms with E-state index >= 15 is 0 Å². The lowest BCUT2D eigenvalue weighted by Crippen LogP contribution is -2.55. The van der Waals surface area contributed by atoms with Gasteiger partial charge in [-0.05, 0) is 61.4 Å². The number of fused-ring (bicyclic) bond motifs is 1. The molecule has 0 spiro atoms. The van der Waals surface area contributed by atoms with Crippen LogP contribution in [0.25, 0.3) is 0 Å². The number of rotatable bonds is 18. The molecule has 2 amide bonds. The van der Waals surface area contributed by atoms with Gasteiger partial charge in [0.05, 0.1) is 22.7 Å². The molecule has 0 unspecified atom stereocenters. The first kappa shape index (κ1) is 40.7. The molecule has 14 heteroatoms. The van der Waals surface area contributed by atoms with E-state index in [0.717, 1.165) is 31.4 Å². The molecule has 1 heterocycles. The predicted molar refractivity (Wildman–Crippen MR) is 203 cm³/mol. The third-order valence-corrected chi connectivity index (χ3v) is 11.8. The van der Waals surface area contributed by atoms with Gasteiger partial charge in [0, 0.05) is 18.3 Å². The highest BCUT2D eigenvalue weighted by molar-refractivity contribution is 7.98. The zero-order valence-electron chi connectivity index (χ0n) is 30.2. The summed E-state index contributed by atoms with van der Waals surface area (Å²) in [5, 5.41) is 24.8. The highest BCUT2D eigenvalue weighted by Crippen LogP contribution is 2.44. The van der Waals surface area contributed by atoms with E-state index in [1.807, 2.05) is 36.6 Å². The van der Waals surface area contributed by atoms with Gasteiger partial charge in [-0.1, -0.05) is 76.8 Å². The van der Waals surface area contributed by atoms with Crippen molar-refractivity contribution in [2.45, 2.75) is 92.6 Å². The van der Waals surface area contributed by atoms with Crippen LogP contribution in [-0.2, 0) is 24.4 Å². The number of aliphatic hydroxyl groups is 1. The van der Waals surface area contributed by atoms with E-state index in [0.29, 0.717) is 41.8 Å². The number of sulfonamides is 1. The summed E-state index contributed by atoms with van der Waals surface area (Å²) in [5.41, 5.74) is -0.626. The van der Waals surface area contributed by atoms with Gasteiger partial charge >= 0.3 is 0 Å². The maximum absolute atomic E-state index is 14.3. The van der Waals surface area contributed by atoms with Crippen molar-refractivity contribution >= 4 is 51.3 Å². The summed E-state index contributed by atoms with van der Waals surface area (Å²) >= 11 is 1.34. The number of anilines is 2. The van der Waals surface area contributed by atoms with E-state index in [1.165, 1.54) is 42.1 Å². The van der Waals surface area contributed by atoms with Gasteiger partial charge in [0.15, 0.2) is 6.61 Å². The molecule has 0 saturated carbocycles. The summed E-state index contributed by atoms with van der Waals surface area (Å²) in [5.74, 6) is -1.35. The van der Waals surface area contributed by atoms with Crippen LogP contribution in [0, 0.1) is 0 Å². The van der Waals surface area contributed by atoms with Crippen molar-refractivity contribution in [1.82, 2.24) is 15.4 Å². The molecule has 0 saturated heterocycles. The van der Waals surface area contributed by atoms with Gasteiger partial charge in [-0.15, -0.1) is 11.8 Å². The van der Waals surface area contributed by atoms with Crippen molar-refractivity contribution in [3.63, 3.8) is 0 Å². The van der Waals surface area contributed by atoms with Gasteiger partial charge in [0.1, 0.15) is 34.3 Å². The van der Waals surface area contributed by atoms with E-state index in [2.05, 4.69) is 34.1 Å². The van der Waals surface area contributed by atoms with Crippen molar-refractivity contribution in [1.29, 1.82) is 0 Å². The maximum Gasteiger partial charge on any atom is 0.258 e. The van der Waals surface area contributed by atoms with Gasteiger partial charge < -0.3 is 35.3 Å². The number of hydrogen-bond donors (Lipinski definition) is 5. The van der Waals surface area contributed by atoms with Gasteiger partial charge in [-0.25, -0.2) is 13.1 Å². The maximum atomic E-state index is 14.3. The number of para-hydroxylation sites is 1. The fraction of sp³-hybridized carbons (Fsp3) is 0.447. The number of ether oxygens (including phenoxy) is 1. The molecule has 12 nitrogen and oxygen atoms in total. The fourth-order valence-corrected chi connectivity index (χ4v) is 8.47. The summed E-state index contributed by atoms with van der Waals surface area (Å²) in [6.07, 6.45) is 7.24. The molecule has 4 rings (SSSR count). The lowest BCUT2D eigenvalue weighted by molar-refractivity contribution is -0.133. The molecule has 0 radical (unpaired) electrons. The zero-order valence-corrected chi connectivity index (χ0v) is 31.8. The van der Waals surface area contributed by atoms with E-state index in [1.54, 1.807) is 13.0 Å². The first-order valence-corrected chi connectivity index (χ1v) is 20.3. The average Bonchev–Trinajstić information content (AvgIpc) is 3.25. The monoisotopic (exact) mass is 754 g/mol. The summed E-state index contributed by atoms with van der Waals surface area (Å²) in [6.45, 7) is 5.01. The molecule has 282 valence electrons. The molecule has 0 aromatic heterocycles. The summed E-state index contributed by atoms with van der Waals surface area (Å²) in [4.78, 5) is 41.3. The Morgan fingerprint density at radius 3 is 2.27 bits per heavy atom. The Labute approximate surface area is 310 Å². The number of aromatic hydroxyl groups is 1. The van der Waals surface area contributed by atoms with Crippen molar-refractivity contribution in [3.05, 3.63) is 72.3 Å². The summed E-state index contributed by atoms with van der Waals surface area (Å²) in [6, 6.07) is 17.2. The second kappa shape index (κ2) is 18.1. The molecular weight excluding hydrogens is 705 g/mol. The number of thioether (sulfide) groups is 1.